The van der Waals surface area contributed by atoms with Gasteiger partial charge in [-0.25, -0.2) is 4.79 Å². The molecule has 0 aliphatic carbocycles. The minimum Gasteiger partial charge on any atom is -0.481 e. The number of carbonyl (C=O) groups excluding carboxylic acids is 2. The van der Waals surface area contributed by atoms with Crippen LogP contribution in [0.15, 0.2) is 58.7 Å². The van der Waals surface area contributed by atoms with Crippen LogP contribution in [0.4, 0.5) is 0 Å². The first-order valence-corrected chi connectivity index (χ1v) is 9.48. The Balaban J connectivity index is 1.69. The summed E-state index contributed by atoms with van der Waals surface area (Å²) in [4.78, 5) is 34.8. The van der Waals surface area contributed by atoms with Gasteiger partial charge in [-0.1, -0.05) is 41.6 Å². The lowest BCUT2D eigenvalue weighted by atomic mass is 10.1. The minimum absolute atomic E-state index is 0.214. The zero-order valence-corrected chi connectivity index (χ0v) is 16.2. The zero-order chi connectivity index (χ0) is 20.8. The minimum atomic E-state index is -1.06. The van der Waals surface area contributed by atoms with Gasteiger partial charge in [-0.05, 0) is 31.2 Å². The number of benzene rings is 2. The molecule has 8 nitrogen and oxygen atoms in total. The van der Waals surface area contributed by atoms with Gasteiger partial charge in [0.25, 0.3) is 0 Å². The fourth-order valence-corrected chi connectivity index (χ4v) is 3.33. The topological polar surface area (TPSA) is 117 Å². The van der Waals surface area contributed by atoms with E-state index in [0.29, 0.717) is 16.9 Å². The number of thioether (sulfide) groups is 1. The number of hydrogen-bond acceptors (Lipinski definition) is 7. The van der Waals surface area contributed by atoms with Gasteiger partial charge < -0.3 is 15.2 Å². The van der Waals surface area contributed by atoms with Crippen LogP contribution in [0.25, 0.3) is 0 Å². The molecule has 1 saturated heterocycles. The fraction of sp³-hybridized carbons (Fsp3) is 0.150. The Hall–Kier alpha value is -3.46. The molecule has 1 aliphatic heterocycles. The highest BCUT2D eigenvalue weighted by molar-refractivity contribution is 8.15. The Morgan fingerprint density at radius 1 is 1.21 bits per heavy atom. The van der Waals surface area contributed by atoms with Crippen LogP contribution < -0.4 is 10.1 Å². The van der Waals surface area contributed by atoms with Crippen molar-refractivity contribution in [3.63, 3.8) is 0 Å². The van der Waals surface area contributed by atoms with Crippen molar-refractivity contribution in [3.05, 3.63) is 65.2 Å². The van der Waals surface area contributed by atoms with Gasteiger partial charge in [-0.2, -0.15) is 5.10 Å². The molecule has 0 spiro atoms. The first kappa shape index (κ1) is 20.3. The third-order valence-electron chi connectivity index (χ3n) is 3.89. The summed E-state index contributed by atoms with van der Waals surface area (Å²) < 4.78 is 5.45. The number of ether oxygens (including phenoxy) is 1. The molecule has 1 amide bonds. The average Bonchev–Trinajstić information content (AvgIpc) is 3.02. The number of nitrogens with one attached hydrogen (secondary N) is 1. The maximum Gasteiger partial charge on any atom is 0.343 e. The number of para-hydroxylation sites is 1. The number of nitrogens with zero attached hydrogens (tertiary/aromatic N) is 2. The molecular weight excluding hydrogens is 394 g/mol. The molecule has 1 atom stereocenters. The molecule has 0 aromatic heterocycles. The van der Waals surface area contributed by atoms with Crippen LogP contribution in [0.2, 0.25) is 0 Å². The van der Waals surface area contributed by atoms with Gasteiger partial charge in [0.1, 0.15) is 11.0 Å². The number of aryl methyl sites for hydroxylation is 1. The number of esters is 1. The van der Waals surface area contributed by atoms with Crippen LogP contribution in [0.1, 0.15) is 27.9 Å². The molecule has 1 unspecified atom stereocenters. The normalized spacial score (nSPS) is 17.5. The zero-order valence-electron chi connectivity index (χ0n) is 15.4. The van der Waals surface area contributed by atoms with Gasteiger partial charge in [0.15, 0.2) is 5.17 Å². The van der Waals surface area contributed by atoms with Crippen LogP contribution in [-0.4, -0.2) is 39.6 Å². The van der Waals surface area contributed by atoms with Crippen molar-refractivity contribution in [2.24, 2.45) is 10.2 Å². The van der Waals surface area contributed by atoms with Crippen LogP contribution in [-0.2, 0) is 9.59 Å². The second-order valence-corrected chi connectivity index (χ2v) is 7.33. The summed E-state index contributed by atoms with van der Waals surface area (Å²) in [5, 5.41) is 18.6. The van der Waals surface area contributed by atoms with E-state index in [0.717, 1.165) is 17.3 Å². The van der Waals surface area contributed by atoms with Crippen molar-refractivity contribution in [1.82, 2.24) is 5.32 Å². The summed E-state index contributed by atoms with van der Waals surface area (Å²) in [7, 11) is 0. The Kier molecular flexibility index (Phi) is 6.40. The smallest absolute Gasteiger partial charge is 0.343 e. The molecule has 29 heavy (non-hydrogen) atoms. The lowest BCUT2D eigenvalue weighted by molar-refractivity contribution is -0.138. The predicted molar refractivity (Wildman–Crippen MR) is 109 cm³/mol. The van der Waals surface area contributed by atoms with E-state index in [4.69, 9.17) is 9.84 Å². The van der Waals surface area contributed by atoms with E-state index in [1.807, 2.05) is 19.1 Å². The van der Waals surface area contributed by atoms with Gasteiger partial charge >= 0.3 is 11.9 Å². The quantitative estimate of drug-likeness (QED) is 0.327. The van der Waals surface area contributed by atoms with Crippen LogP contribution in [0, 0.1) is 6.92 Å². The maximum atomic E-state index is 12.3. The van der Waals surface area contributed by atoms with Gasteiger partial charge in [0.05, 0.1) is 18.2 Å². The number of aliphatic carboxylic acids is 1. The SMILES string of the molecule is Cc1ccc(C(=O)Oc2ccccc2C=NN=C2NC(=O)C(CC(=O)O)S2)cc1. The number of carbonyl (C=O) groups is 3. The standard InChI is InChI=1S/C20H17N3O5S/c1-12-6-8-13(9-7-12)19(27)28-15-5-3-2-4-14(15)11-21-23-20-22-18(26)16(29-20)10-17(24)25/h2-9,11,16H,10H2,1H3,(H,24,25)(H,22,23,26). The van der Waals surface area contributed by atoms with Crippen molar-refractivity contribution >= 4 is 41.0 Å². The molecule has 9 heteroatoms. The highest BCUT2D eigenvalue weighted by atomic mass is 32.2. The van der Waals surface area contributed by atoms with Crippen LogP contribution in [0.3, 0.4) is 0 Å². The first-order valence-electron chi connectivity index (χ1n) is 8.60. The largest absolute Gasteiger partial charge is 0.481 e. The van der Waals surface area contributed by atoms with E-state index < -0.39 is 23.1 Å². The Labute approximate surface area is 170 Å². The van der Waals surface area contributed by atoms with E-state index >= 15 is 0 Å². The third-order valence-corrected chi connectivity index (χ3v) is 4.96. The molecule has 1 heterocycles. The maximum absolute atomic E-state index is 12.3. The molecule has 2 aromatic rings. The summed E-state index contributed by atoms with van der Waals surface area (Å²) in [6.45, 7) is 1.93. The summed E-state index contributed by atoms with van der Waals surface area (Å²) >= 11 is 1.00. The number of hydrogen-bond donors (Lipinski definition) is 2. The van der Waals surface area contributed by atoms with Gasteiger partial charge in [0.2, 0.25) is 5.91 Å². The monoisotopic (exact) mass is 411 g/mol. The Bertz CT molecular complexity index is 1000. The molecular formula is C20H17N3O5S. The van der Waals surface area contributed by atoms with Crippen molar-refractivity contribution in [2.45, 2.75) is 18.6 Å². The van der Waals surface area contributed by atoms with Gasteiger partial charge in [0, 0.05) is 5.56 Å². The summed E-state index contributed by atoms with van der Waals surface area (Å²) in [6.07, 6.45) is 1.10. The van der Waals surface area contributed by atoms with E-state index in [1.165, 1.54) is 6.21 Å². The number of carboxylic acid groups (broad SMARTS) is 1. The van der Waals surface area contributed by atoms with E-state index in [1.54, 1.807) is 36.4 Å². The van der Waals surface area contributed by atoms with E-state index in [9.17, 15) is 14.4 Å². The molecule has 0 saturated carbocycles. The van der Waals surface area contributed by atoms with Crippen LogP contribution >= 0.6 is 11.8 Å². The second kappa shape index (κ2) is 9.16. The predicted octanol–water partition coefficient (Wildman–Crippen LogP) is 2.61. The molecule has 1 fully saturated rings. The summed E-state index contributed by atoms with van der Waals surface area (Å²) in [6, 6.07) is 13.8. The molecule has 1 aliphatic rings. The molecule has 2 aromatic carbocycles. The fourth-order valence-electron chi connectivity index (χ4n) is 2.42. The average molecular weight is 411 g/mol. The lowest BCUT2D eigenvalue weighted by Crippen LogP contribution is -2.26. The second-order valence-electron chi connectivity index (χ2n) is 6.14. The van der Waals surface area contributed by atoms with E-state index in [2.05, 4.69) is 15.5 Å². The number of rotatable bonds is 6. The van der Waals surface area contributed by atoms with Crippen molar-refractivity contribution in [1.29, 1.82) is 0 Å². The van der Waals surface area contributed by atoms with Gasteiger partial charge in [-0.3, -0.25) is 9.59 Å². The third kappa shape index (κ3) is 5.52. The first-order chi connectivity index (χ1) is 13.9. The number of amides is 1. The molecule has 2 N–H and O–H groups in total. The van der Waals surface area contributed by atoms with Crippen molar-refractivity contribution in [3.8, 4) is 5.75 Å². The highest BCUT2D eigenvalue weighted by Crippen LogP contribution is 2.22. The number of carboxylic acids is 1. The summed E-state index contributed by atoms with van der Waals surface area (Å²) in [5.41, 5.74) is 1.99. The molecule has 3 rings (SSSR count). The Morgan fingerprint density at radius 2 is 1.93 bits per heavy atom. The van der Waals surface area contributed by atoms with Crippen molar-refractivity contribution in [2.75, 3.05) is 0 Å². The summed E-state index contributed by atoms with van der Waals surface area (Å²) in [5.74, 6) is -1.66. The molecule has 0 bridgehead atoms. The van der Waals surface area contributed by atoms with Crippen molar-refractivity contribution < 1.29 is 24.2 Å². The number of amidine groups is 1. The Morgan fingerprint density at radius 3 is 2.66 bits per heavy atom. The highest BCUT2D eigenvalue weighted by Gasteiger charge is 2.32. The molecule has 148 valence electrons. The van der Waals surface area contributed by atoms with E-state index in [-0.39, 0.29) is 11.6 Å². The lowest BCUT2D eigenvalue weighted by Gasteiger charge is -2.07. The molecule has 0 radical (unpaired) electrons. The van der Waals surface area contributed by atoms with Crippen LogP contribution in [0.5, 0.6) is 5.75 Å². The van der Waals surface area contributed by atoms with Gasteiger partial charge in [-0.15, -0.1) is 5.10 Å².